The van der Waals surface area contributed by atoms with E-state index in [-0.39, 0.29) is 40.6 Å². The molecule has 0 spiro atoms. The number of benzene rings is 1. The molecule has 1 fully saturated rings. The quantitative estimate of drug-likeness (QED) is 0.532. The second-order valence-corrected chi connectivity index (χ2v) is 7.84. The molecule has 1 aromatic carbocycles. The summed E-state index contributed by atoms with van der Waals surface area (Å²) in [5.41, 5.74) is -1.16. The number of carbonyl (C=O) groups excluding carboxylic acids is 1. The van der Waals surface area contributed by atoms with Crippen molar-refractivity contribution in [2.75, 3.05) is 23.4 Å². The Morgan fingerprint density at radius 2 is 2.06 bits per heavy atom. The molecule has 176 valence electrons. The highest BCUT2D eigenvalue weighted by Gasteiger charge is 2.50. The lowest BCUT2D eigenvalue weighted by Gasteiger charge is -2.24. The maximum absolute atomic E-state index is 12.9. The number of ether oxygens (including phenoxy) is 1. The van der Waals surface area contributed by atoms with Gasteiger partial charge < -0.3 is 20.3 Å². The van der Waals surface area contributed by atoms with Gasteiger partial charge in [0, 0.05) is 30.1 Å². The molecule has 3 rings (SSSR count). The van der Waals surface area contributed by atoms with Gasteiger partial charge in [-0.3, -0.25) is 9.69 Å². The Morgan fingerprint density at radius 3 is 2.64 bits per heavy atom. The standard InChI is InChI=1S/C21H22F3N5O4/c1-12(2)20(10-25)6-8-29(18(20)32)16-5-7-26-19(28-16)27-13-3-4-14(17(30)31)15(9-13)33-11-21(22,23)24/h3-5,7,9,12,17,30-31H,6,8,11H2,1-2H3,(H,26,27,28)/t20-/m1/s1. The fourth-order valence-electron chi connectivity index (χ4n) is 3.52. The van der Waals surface area contributed by atoms with Crippen molar-refractivity contribution in [3.8, 4) is 11.8 Å². The summed E-state index contributed by atoms with van der Waals surface area (Å²) in [4.78, 5) is 22.7. The number of hydrogen-bond acceptors (Lipinski definition) is 8. The van der Waals surface area contributed by atoms with Gasteiger partial charge in [0.05, 0.1) is 6.07 Å². The average Bonchev–Trinajstić information content (AvgIpc) is 3.09. The predicted octanol–water partition coefficient (Wildman–Crippen LogP) is 3.05. The summed E-state index contributed by atoms with van der Waals surface area (Å²) in [5, 5.41) is 31.2. The zero-order valence-corrected chi connectivity index (χ0v) is 17.8. The fourth-order valence-corrected chi connectivity index (χ4v) is 3.52. The molecule has 9 nitrogen and oxygen atoms in total. The zero-order chi connectivity index (χ0) is 24.4. The molecule has 0 aliphatic carbocycles. The van der Waals surface area contributed by atoms with Crippen molar-refractivity contribution < 1.29 is 32.9 Å². The molecule has 2 heterocycles. The third kappa shape index (κ3) is 5.15. The minimum absolute atomic E-state index is 0.0402. The summed E-state index contributed by atoms with van der Waals surface area (Å²) >= 11 is 0. The van der Waals surface area contributed by atoms with E-state index in [2.05, 4.69) is 21.4 Å². The van der Waals surface area contributed by atoms with Gasteiger partial charge in [0.1, 0.15) is 17.0 Å². The Labute approximate surface area is 187 Å². The van der Waals surface area contributed by atoms with Crippen LogP contribution in [-0.4, -0.2) is 45.4 Å². The number of aliphatic hydroxyl groups is 2. The van der Waals surface area contributed by atoms with Gasteiger partial charge in [-0.05, 0) is 30.5 Å². The number of alkyl halides is 3. The van der Waals surface area contributed by atoms with Gasteiger partial charge in [0.2, 0.25) is 11.9 Å². The first-order valence-electron chi connectivity index (χ1n) is 10.00. The van der Waals surface area contributed by atoms with E-state index in [0.29, 0.717) is 13.0 Å². The van der Waals surface area contributed by atoms with Crippen LogP contribution >= 0.6 is 0 Å². The molecular formula is C21H22F3N5O4. The molecule has 0 saturated carbocycles. The van der Waals surface area contributed by atoms with Crippen molar-refractivity contribution in [1.82, 2.24) is 9.97 Å². The Kier molecular flexibility index (Phi) is 6.76. The van der Waals surface area contributed by atoms with E-state index in [1.807, 2.05) is 13.8 Å². The topological polar surface area (TPSA) is 132 Å². The lowest BCUT2D eigenvalue weighted by Crippen LogP contribution is -2.37. The lowest BCUT2D eigenvalue weighted by atomic mass is 9.77. The van der Waals surface area contributed by atoms with Crippen molar-refractivity contribution in [2.45, 2.75) is 32.7 Å². The van der Waals surface area contributed by atoms with Crippen molar-refractivity contribution in [2.24, 2.45) is 11.3 Å². The van der Waals surface area contributed by atoms with Crippen molar-refractivity contribution in [1.29, 1.82) is 5.26 Å². The summed E-state index contributed by atoms with van der Waals surface area (Å²) in [5.74, 6) is -0.609. The monoisotopic (exact) mass is 465 g/mol. The highest BCUT2D eigenvalue weighted by molar-refractivity contribution is 6.01. The first kappa shape index (κ1) is 24.2. The Balaban J connectivity index is 1.84. The minimum atomic E-state index is -4.62. The number of halogens is 3. The van der Waals surface area contributed by atoms with Crippen LogP contribution < -0.4 is 15.0 Å². The highest BCUT2D eigenvalue weighted by Crippen LogP contribution is 2.40. The Morgan fingerprint density at radius 1 is 1.33 bits per heavy atom. The van der Waals surface area contributed by atoms with E-state index in [0.717, 1.165) is 6.07 Å². The second-order valence-electron chi connectivity index (χ2n) is 7.84. The smallest absolute Gasteiger partial charge is 0.422 e. The van der Waals surface area contributed by atoms with Crippen LogP contribution in [0.3, 0.4) is 0 Å². The number of aliphatic hydroxyl groups excluding tert-OH is 1. The van der Waals surface area contributed by atoms with Crippen LogP contribution in [0.4, 0.5) is 30.6 Å². The molecule has 1 saturated heterocycles. The molecule has 0 bridgehead atoms. The summed E-state index contributed by atoms with van der Waals surface area (Å²) in [6, 6.07) is 7.37. The molecule has 1 aliphatic rings. The molecule has 2 aromatic rings. The molecule has 1 amide bonds. The van der Waals surface area contributed by atoms with Gasteiger partial charge in [-0.15, -0.1) is 0 Å². The number of anilines is 3. The van der Waals surface area contributed by atoms with Gasteiger partial charge in [-0.1, -0.05) is 13.8 Å². The van der Waals surface area contributed by atoms with Crippen LogP contribution in [0.5, 0.6) is 5.75 Å². The van der Waals surface area contributed by atoms with E-state index in [4.69, 9.17) is 4.74 Å². The number of nitrogens with zero attached hydrogens (tertiary/aromatic N) is 4. The minimum Gasteiger partial charge on any atom is -0.484 e. The maximum Gasteiger partial charge on any atom is 0.422 e. The van der Waals surface area contributed by atoms with Crippen LogP contribution in [0.2, 0.25) is 0 Å². The summed E-state index contributed by atoms with van der Waals surface area (Å²) in [6.45, 7) is 2.31. The molecular weight excluding hydrogens is 443 g/mol. The van der Waals surface area contributed by atoms with Crippen LogP contribution in [0.1, 0.15) is 32.1 Å². The number of nitrogens with one attached hydrogen (secondary N) is 1. The van der Waals surface area contributed by atoms with E-state index >= 15 is 0 Å². The summed E-state index contributed by atoms with van der Waals surface area (Å²) in [6.07, 6.45) is -4.90. The first-order valence-corrected chi connectivity index (χ1v) is 10.00. The number of nitriles is 1. The maximum atomic E-state index is 12.9. The summed E-state index contributed by atoms with van der Waals surface area (Å²) < 4.78 is 42.3. The van der Waals surface area contributed by atoms with Gasteiger partial charge in [0.15, 0.2) is 12.9 Å². The van der Waals surface area contributed by atoms with Gasteiger partial charge in [-0.25, -0.2) is 4.98 Å². The molecule has 3 N–H and O–H groups in total. The summed E-state index contributed by atoms with van der Waals surface area (Å²) in [7, 11) is 0. The molecule has 12 heteroatoms. The van der Waals surface area contributed by atoms with Crippen molar-refractivity contribution in [3.05, 3.63) is 36.0 Å². The van der Waals surface area contributed by atoms with Gasteiger partial charge in [0.25, 0.3) is 0 Å². The van der Waals surface area contributed by atoms with E-state index in [9.17, 15) is 33.4 Å². The molecule has 1 aromatic heterocycles. The number of aromatic nitrogens is 2. The van der Waals surface area contributed by atoms with Crippen molar-refractivity contribution in [3.63, 3.8) is 0 Å². The average molecular weight is 465 g/mol. The Hall–Kier alpha value is -3.43. The Bertz CT molecular complexity index is 1070. The third-order valence-electron chi connectivity index (χ3n) is 5.40. The van der Waals surface area contributed by atoms with E-state index in [1.165, 1.54) is 29.3 Å². The largest absolute Gasteiger partial charge is 0.484 e. The lowest BCUT2D eigenvalue weighted by molar-refractivity contribution is -0.154. The highest BCUT2D eigenvalue weighted by atomic mass is 19.4. The molecule has 1 aliphatic heterocycles. The van der Waals surface area contributed by atoms with Crippen LogP contribution in [0.25, 0.3) is 0 Å². The number of rotatable bonds is 7. The van der Waals surface area contributed by atoms with Gasteiger partial charge in [-0.2, -0.15) is 23.4 Å². The SMILES string of the molecule is CC(C)[C@]1(C#N)CCN(c2ccnc(Nc3ccc(C(O)O)c(OCC(F)(F)F)c3)n2)C1=O. The van der Waals surface area contributed by atoms with Crippen LogP contribution in [0.15, 0.2) is 30.5 Å². The van der Waals surface area contributed by atoms with Crippen LogP contribution in [-0.2, 0) is 4.79 Å². The fraction of sp³-hybridized carbons (Fsp3) is 0.429. The molecule has 1 atom stereocenters. The van der Waals surface area contributed by atoms with Gasteiger partial charge >= 0.3 is 6.18 Å². The number of carbonyl (C=O) groups is 1. The number of hydrogen-bond donors (Lipinski definition) is 3. The van der Waals surface area contributed by atoms with E-state index in [1.54, 1.807) is 0 Å². The third-order valence-corrected chi connectivity index (χ3v) is 5.40. The molecule has 0 radical (unpaired) electrons. The first-order chi connectivity index (χ1) is 15.5. The van der Waals surface area contributed by atoms with Crippen molar-refractivity contribution >= 4 is 23.4 Å². The molecule has 0 unspecified atom stereocenters. The predicted molar refractivity (Wildman–Crippen MR) is 110 cm³/mol. The van der Waals surface area contributed by atoms with Crippen LogP contribution in [0, 0.1) is 22.7 Å². The zero-order valence-electron chi connectivity index (χ0n) is 17.8. The molecule has 33 heavy (non-hydrogen) atoms. The van der Waals surface area contributed by atoms with E-state index < -0.39 is 24.5 Å². The normalized spacial score (nSPS) is 18.7. The second kappa shape index (κ2) is 9.21. The number of amides is 1.